The molecule has 0 bridgehead atoms. The SMILES string of the molecule is CCOC(=O)C(CCCCOc1ccc(F)cc1)C(=O)OCC. The van der Waals surface area contributed by atoms with Crippen molar-refractivity contribution in [2.45, 2.75) is 33.1 Å². The summed E-state index contributed by atoms with van der Waals surface area (Å²) >= 11 is 0. The molecular weight excluding hydrogens is 303 g/mol. The van der Waals surface area contributed by atoms with E-state index in [9.17, 15) is 14.0 Å². The van der Waals surface area contributed by atoms with Crippen molar-refractivity contribution in [3.05, 3.63) is 30.1 Å². The van der Waals surface area contributed by atoms with E-state index in [0.29, 0.717) is 31.6 Å². The number of hydrogen-bond donors (Lipinski definition) is 0. The van der Waals surface area contributed by atoms with Crippen molar-refractivity contribution in [2.75, 3.05) is 19.8 Å². The van der Waals surface area contributed by atoms with Gasteiger partial charge in [-0.1, -0.05) is 0 Å². The van der Waals surface area contributed by atoms with Gasteiger partial charge in [-0.25, -0.2) is 4.39 Å². The number of ether oxygens (including phenoxy) is 3. The number of hydrogen-bond acceptors (Lipinski definition) is 5. The van der Waals surface area contributed by atoms with Gasteiger partial charge in [0.2, 0.25) is 0 Å². The minimum absolute atomic E-state index is 0.225. The second kappa shape index (κ2) is 10.6. The van der Waals surface area contributed by atoms with Gasteiger partial charge in [0.05, 0.1) is 19.8 Å². The zero-order chi connectivity index (χ0) is 17.1. The Balaban J connectivity index is 2.35. The molecule has 0 heterocycles. The Bertz CT molecular complexity index is 468. The molecule has 0 aliphatic heterocycles. The molecule has 0 atom stereocenters. The van der Waals surface area contributed by atoms with Crippen molar-refractivity contribution in [1.82, 2.24) is 0 Å². The van der Waals surface area contributed by atoms with Crippen LogP contribution in [0.5, 0.6) is 5.75 Å². The maximum Gasteiger partial charge on any atom is 0.320 e. The third-order valence-electron chi connectivity index (χ3n) is 3.11. The predicted molar refractivity (Wildman–Crippen MR) is 82.5 cm³/mol. The molecule has 0 amide bonds. The molecule has 1 rings (SSSR count). The molecule has 0 saturated heterocycles. The van der Waals surface area contributed by atoms with Crippen LogP contribution in [0.4, 0.5) is 4.39 Å². The van der Waals surface area contributed by atoms with Crippen LogP contribution in [-0.2, 0) is 19.1 Å². The average molecular weight is 326 g/mol. The summed E-state index contributed by atoms with van der Waals surface area (Å²) in [5.41, 5.74) is 0. The number of unbranched alkanes of at least 4 members (excludes halogenated alkanes) is 1. The zero-order valence-corrected chi connectivity index (χ0v) is 13.5. The lowest BCUT2D eigenvalue weighted by Crippen LogP contribution is -2.28. The molecule has 6 heteroatoms. The van der Waals surface area contributed by atoms with E-state index in [1.54, 1.807) is 26.0 Å². The fourth-order valence-corrected chi connectivity index (χ4v) is 1.99. The highest BCUT2D eigenvalue weighted by molar-refractivity contribution is 5.94. The number of carbonyl (C=O) groups excluding carboxylic acids is 2. The molecule has 0 aliphatic carbocycles. The highest BCUT2D eigenvalue weighted by atomic mass is 19.1. The molecule has 0 aromatic heterocycles. The third-order valence-corrected chi connectivity index (χ3v) is 3.11. The van der Waals surface area contributed by atoms with E-state index in [4.69, 9.17) is 14.2 Å². The van der Waals surface area contributed by atoms with Gasteiger partial charge >= 0.3 is 11.9 Å². The topological polar surface area (TPSA) is 61.8 Å². The molecule has 0 N–H and O–H groups in total. The highest BCUT2D eigenvalue weighted by Crippen LogP contribution is 2.15. The van der Waals surface area contributed by atoms with Gasteiger partial charge in [-0.15, -0.1) is 0 Å². The first-order valence-corrected chi connectivity index (χ1v) is 7.80. The molecule has 1 aromatic rings. The third kappa shape index (κ3) is 7.13. The summed E-state index contributed by atoms with van der Waals surface area (Å²) in [5, 5.41) is 0. The largest absolute Gasteiger partial charge is 0.494 e. The highest BCUT2D eigenvalue weighted by Gasteiger charge is 2.28. The first-order valence-electron chi connectivity index (χ1n) is 7.80. The Labute approximate surface area is 135 Å². The van der Waals surface area contributed by atoms with Crippen molar-refractivity contribution < 1.29 is 28.2 Å². The van der Waals surface area contributed by atoms with Gasteiger partial charge in [-0.05, 0) is 57.4 Å². The molecule has 0 saturated carbocycles. The first kappa shape index (κ1) is 18.9. The molecule has 0 radical (unpaired) electrons. The lowest BCUT2D eigenvalue weighted by Gasteiger charge is -2.14. The Morgan fingerprint density at radius 1 is 1.00 bits per heavy atom. The smallest absolute Gasteiger partial charge is 0.320 e. The second-order valence-corrected chi connectivity index (χ2v) is 4.85. The number of halogens is 1. The van der Waals surface area contributed by atoms with Gasteiger partial charge in [-0.3, -0.25) is 9.59 Å². The van der Waals surface area contributed by atoms with Gasteiger partial charge < -0.3 is 14.2 Å². The summed E-state index contributed by atoms with van der Waals surface area (Å²) in [6.45, 7) is 4.25. The van der Waals surface area contributed by atoms with E-state index in [1.807, 2.05) is 0 Å². The van der Waals surface area contributed by atoms with Crippen LogP contribution < -0.4 is 4.74 Å². The first-order chi connectivity index (χ1) is 11.1. The normalized spacial score (nSPS) is 10.4. The molecular formula is C17H23FO5. The van der Waals surface area contributed by atoms with Crippen LogP contribution in [-0.4, -0.2) is 31.8 Å². The van der Waals surface area contributed by atoms with Gasteiger partial charge in [0, 0.05) is 0 Å². The summed E-state index contributed by atoms with van der Waals surface area (Å²) < 4.78 is 28.0. The lowest BCUT2D eigenvalue weighted by molar-refractivity contribution is -0.162. The fourth-order valence-electron chi connectivity index (χ4n) is 1.99. The molecule has 0 unspecified atom stereocenters. The number of esters is 2. The molecule has 1 aromatic carbocycles. The van der Waals surface area contributed by atoms with Gasteiger partial charge in [0.15, 0.2) is 5.92 Å². The molecule has 0 aliphatic rings. The van der Waals surface area contributed by atoms with Gasteiger partial charge in [0.1, 0.15) is 11.6 Å². The fraction of sp³-hybridized carbons (Fsp3) is 0.529. The Morgan fingerprint density at radius 2 is 1.57 bits per heavy atom. The second-order valence-electron chi connectivity index (χ2n) is 4.85. The maximum absolute atomic E-state index is 12.8. The van der Waals surface area contributed by atoms with E-state index >= 15 is 0 Å². The van der Waals surface area contributed by atoms with Crippen LogP contribution in [0.1, 0.15) is 33.1 Å². The van der Waals surface area contributed by atoms with E-state index in [2.05, 4.69) is 0 Å². The number of benzene rings is 1. The number of rotatable bonds is 10. The summed E-state index contributed by atoms with van der Waals surface area (Å²) in [4.78, 5) is 23.6. The zero-order valence-electron chi connectivity index (χ0n) is 13.5. The van der Waals surface area contributed by atoms with Crippen molar-refractivity contribution >= 4 is 11.9 Å². The van der Waals surface area contributed by atoms with Crippen molar-refractivity contribution in [2.24, 2.45) is 5.92 Å². The lowest BCUT2D eigenvalue weighted by atomic mass is 10.0. The molecule has 128 valence electrons. The Hall–Kier alpha value is -2.11. The van der Waals surface area contributed by atoms with E-state index < -0.39 is 17.9 Å². The maximum atomic E-state index is 12.8. The summed E-state index contributed by atoms with van der Waals surface area (Å²) in [6, 6.07) is 5.75. The minimum Gasteiger partial charge on any atom is -0.494 e. The Morgan fingerprint density at radius 3 is 2.09 bits per heavy atom. The van der Waals surface area contributed by atoms with Crippen LogP contribution in [0, 0.1) is 11.7 Å². The monoisotopic (exact) mass is 326 g/mol. The quantitative estimate of drug-likeness (QED) is 0.375. The summed E-state index contributed by atoms with van der Waals surface area (Å²) in [5.74, 6) is -1.72. The van der Waals surface area contributed by atoms with Crippen LogP contribution in [0.15, 0.2) is 24.3 Å². The number of carbonyl (C=O) groups is 2. The van der Waals surface area contributed by atoms with Crippen LogP contribution >= 0.6 is 0 Å². The molecule has 23 heavy (non-hydrogen) atoms. The van der Waals surface area contributed by atoms with Crippen LogP contribution in [0.3, 0.4) is 0 Å². The van der Waals surface area contributed by atoms with Crippen molar-refractivity contribution in [3.8, 4) is 5.75 Å². The van der Waals surface area contributed by atoms with E-state index in [0.717, 1.165) is 0 Å². The predicted octanol–water partition coefficient (Wildman–Crippen LogP) is 3.12. The van der Waals surface area contributed by atoms with E-state index in [1.165, 1.54) is 12.1 Å². The molecule has 0 fully saturated rings. The van der Waals surface area contributed by atoms with E-state index in [-0.39, 0.29) is 19.0 Å². The van der Waals surface area contributed by atoms with Crippen LogP contribution in [0.25, 0.3) is 0 Å². The van der Waals surface area contributed by atoms with Gasteiger partial charge in [0.25, 0.3) is 0 Å². The van der Waals surface area contributed by atoms with Crippen molar-refractivity contribution in [3.63, 3.8) is 0 Å². The summed E-state index contributed by atoms with van der Waals surface area (Å²) in [6.07, 6.45) is 1.63. The molecule has 0 spiro atoms. The van der Waals surface area contributed by atoms with Crippen LogP contribution in [0.2, 0.25) is 0 Å². The van der Waals surface area contributed by atoms with Gasteiger partial charge in [-0.2, -0.15) is 0 Å². The summed E-state index contributed by atoms with van der Waals surface area (Å²) in [7, 11) is 0. The standard InChI is InChI=1S/C17H23FO5/c1-3-21-16(19)15(17(20)22-4-2)7-5-6-12-23-14-10-8-13(18)9-11-14/h8-11,15H,3-7,12H2,1-2H3. The minimum atomic E-state index is -0.888. The Kier molecular flexibility index (Phi) is 8.72. The van der Waals surface area contributed by atoms with Crippen molar-refractivity contribution in [1.29, 1.82) is 0 Å². The molecule has 5 nitrogen and oxygen atoms in total. The average Bonchev–Trinajstić information content (AvgIpc) is 2.53.